The Bertz CT molecular complexity index is 1380. The molecule has 2 amide bonds. The molecule has 0 radical (unpaired) electrons. The van der Waals surface area contributed by atoms with Crippen molar-refractivity contribution in [2.75, 3.05) is 11.6 Å². The molecule has 2 N–H and O–H groups in total. The van der Waals surface area contributed by atoms with Crippen LogP contribution < -0.4 is 20.1 Å². The molecule has 1 heterocycles. The second kappa shape index (κ2) is 12.5. The number of hydrogen-bond acceptors (Lipinski definition) is 7. The summed E-state index contributed by atoms with van der Waals surface area (Å²) in [5, 5.41) is 5.26. The molecule has 0 bridgehead atoms. The third-order valence-electron chi connectivity index (χ3n) is 5.98. The zero-order valence-corrected chi connectivity index (χ0v) is 22.7. The van der Waals surface area contributed by atoms with Crippen molar-refractivity contribution in [2.45, 2.75) is 38.2 Å². The Kier molecular flexibility index (Phi) is 8.91. The molecule has 38 heavy (non-hydrogen) atoms. The highest BCUT2D eigenvalue weighted by Gasteiger charge is 2.17. The number of ether oxygens (including phenoxy) is 2. The highest BCUT2D eigenvalue weighted by molar-refractivity contribution is 7.99. The number of amides is 2. The summed E-state index contributed by atoms with van der Waals surface area (Å²) in [7, 11) is 1.96. The number of hydrogen-bond donors (Lipinski definition) is 2. The molecule has 0 saturated carbocycles. The molecule has 0 spiro atoms. The molecular formula is C29H32N4O4S. The van der Waals surface area contributed by atoms with Crippen LogP contribution in [0.3, 0.4) is 0 Å². The molecule has 1 aromatic heterocycles. The minimum Gasteiger partial charge on any atom is -0.486 e. The maximum atomic E-state index is 12.0. The monoisotopic (exact) mass is 532 g/mol. The minimum absolute atomic E-state index is 0.292. The number of anilines is 1. The quantitative estimate of drug-likeness (QED) is 0.239. The van der Waals surface area contributed by atoms with Crippen molar-refractivity contribution >= 4 is 40.8 Å². The molecule has 8 nitrogen and oxygen atoms in total. The molecule has 1 unspecified atom stereocenters. The van der Waals surface area contributed by atoms with Gasteiger partial charge in [0.2, 0.25) is 12.3 Å². The number of fused-ring (bicyclic) bond motifs is 1. The van der Waals surface area contributed by atoms with Gasteiger partial charge in [0.05, 0.1) is 16.3 Å². The van der Waals surface area contributed by atoms with Gasteiger partial charge in [-0.25, -0.2) is 4.98 Å². The smallest absolute Gasteiger partial charge is 0.239 e. The Labute approximate surface area is 226 Å². The van der Waals surface area contributed by atoms with Crippen molar-refractivity contribution < 1.29 is 19.1 Å². The Hall–Kier alpha value is -3.98. The largest absolute Gasteiger partial charge is 0.486 e. The lowest BCUT2D eigenvalue weighted by Gasteiger charge is -2.13. The number of thioether (sulfide) groups is 1. The number of nitrogens with zero attached hydrogens (tertiary/aromatic N) is 2. The summed E-state index contributed by atoms with van der Waals surface area (Å²) >= 11 is 1.41. The maximum Gasteiger partial charge on any atom is 0.239 e. The molecular weight excluding hydrogens is 500 g/mol. The number of imide groups is 1. The van der Waals surface area contributed by atoms with E-state index in [4.69, 9.17) is 14.5 Å². The number of carbonyl (C=O) groups excluding carboxylic acids is 2. The number of nitrogens with one attached hydrogen (secondary N) is 2. The zero-order valence-electron chi connectivity index (χ0n) is 21.9. The number of rotatable bonds is 12. The van der Waals surface area contributed by atoms with Gasteiger partial charge in [0.15, 0.2) is 0 Å². The van der Waals surface area contributed by atoms with Gasteiger partial charge in [-0.1, -0.05) is 12.1 Å². The highest BCUT2D eigenvalue weighted by atomic mass is 32.2. The van der Waals surface area contributed by atoms with Crippen LogP contribution in [0.1, 0.15) is 25.2 Å². The normalized spacial score (nSPS) is 11.8. The van der Waals surface area contributed by atoms with Crippen molar-refractivity contribution in [2.24, 2.45) is 7.05 Å². The van der Waals surface area contributed by atoms with Crippen LogP contribution in [0.15, 0.2) is 66.7 Å². The van der Waals surface area contributed by atoms with Crippen LogP contribution in [0.25, 0.3) is 11.0 Å². The molecule has 0 saturated heterocycles. The van der Waals surface area contributed by atoms with Crippen molar-refractivity contribution in [3.8, 4) is 17.2 Å². The second-order valence-electron chi connectivity index (χ2n) is 9.15. The van der Waals surface area contributed by atoms with Gasteiger partial charge in [0, 0.05) is 24.8 Å². The van der Waals surface area contributed by atoms with Crippen LogP contribution in [0.2, 0.25) is 0 Å². The summed E-state index contributed by atoms with van der Waals surface area (Å²) in [4.78, 5) is 27.2. The fraction of sp³-hybridized carbons (Fsp3) is 0.276. The summed E-state index contributed by atoms with van der Waals surface area (Å²) in [5.74, 6) is 2.70. The lowest BCUT2D eigenvalue weighted by Crippen LogP contribution is -2.32. The Morgan fingerprint density at radius 1 is 1.03 bits per heavy atom. The van der Waals surface area contributed by atoms with Crippen LogP contribution >= 0.6 is 11.8 Å². The van der Waals surface area contributed by atoms with Gasteiger partial charge in [-0.2, -0.15) is 11.8 Å². The van der Waals surface area contributed by atoms with E-state index in [1.165, 1.54) is 11.8 Å². The first-order valence-corrected chi connectivity index (χ1v) is 13.6. The first-order valence-electron chi connectivity index (χ1n) is 12.3. The molecule has 4 rings (SSSR count). The molecule has 3 aromatic carbocycles. The highest BCUT2D eigenvalue weighted by Crippen LogP contribution is 2.27. The Balaban J connectivity index is 1.38. The van der Waals surface area contributed by atoms with Crippen molar-refractivity contribution in [3.05, 3.63) is 78.1 Å². The average molecular weight is 533 g/mol. The summed E-state index contributed by atoms with van der Waals surface area (Å²) in [6.07, 6.45) is 2.79. The first-order chi connectivity index (χ1) is 18.4. The average Bonchev–Trinajstić information content (AvgIpc) is 3.22. The van der Waals surface area contributed by atoms with E-state index in [1.807, 2.05) is 84.6 Å². The Morgan fingerprint density at radius 2 is 1.71 bits per heavy atom. The molecule has 0 fully saturated rings. The Morgan fingerprint density at radius 3 is 2.37 bits per heavy atom. The number of aryl methyl sites for hydroxylation is 1. The number of carbonyl (C=O) groups is 2. The molecule has 4 aromatic rings. The summed E-state index contributed by atoms with van der Waals surface area (Å²) in [6.45, 7) is 4.51. The standard InChI is InChI=1S/C29H32N4O4S/c1-19(2)31-21-7-11-23(12-8-21)37-24-13-14-25-26(16-24)33(3)28(32-25)17-36-22-9-5-20(6-10-22)15-27(38-4)29(35)30-18-34/h5-14,16,18-19,27,31H,15,17H2,1-4H3,(H,30,34,35). The minimum atomic E-state index is -0.331. The van der Waals surface area contributed by atoms with Crippen LogP contribution in [-0.4, -0.2) is 39.4 Å². The van der Waals surface area contributed by atoms with Crippen molar-refractivity contribution in [3.63, 3.8) is 0 Å². The third kappa shape index (κ3) is 6.86. The van der Waals surface area contributed by atoms with Gasteiger partial charge in [0.1, 0.15) is 29.7 Å². The van der Waals surface area contributed by atoms with E-state index in [0.717, 1.165) is 39.6 Å². The van der Waals surface area contributed by atoms with E-state index in [0.29, 0.717) is 31.2 Å². The van der Waals surface area contributed by atoms with E-state index >= 15 is 0 Å². The van der Waals surface area contributed by atoms with Crippen molar-refractivity contribution in [1.29, 1.82) is 0 Å². The predicted molar refractivity (Wildman–Crippen MR) is 152 cm³/mol. The molecule has 198 valence electrons. The van der Waals surface area contributed by atoms with Crippen LogP contribution in [-0.2, 0) is 29.7 Å². The molecule has 0 aliphatic heterocycles. The van der Waals surface area contributed by atoms with Gasteiger partial charge >= 0.3 is 0 Å². The number of imidazole rings is 1. The van der Waals surface area contributed by atoms with Gasteiger partial charge in [-0.15, -0.1) is 0 Å². The van der Waals surface area contributed by atoms with Gasteiger partial charge < -0.3 is 19.4 Å². The maximum absolute atomic E-state index is 12.0. The lowest BCUT2D eigenvalue weighted by atomic mass is 10.1. The van der Waals surface area contributed by atoms with E-state index in [2.05, 4.69) is 24.5 Å². The predicted octanol–water partition coefficient (Wildman–Crippen LogP) is 5.31. The molecule has 0 aliphatic rings. The van der Waals surface area contributed by atoms with E-state index in [-0.39, 0.29) is 11.2 Å². The molecule has 1 atom stereocenters. The molecule has 9 heteroatoms. The van der Waals surface area contributed by atoms with Gasteiger partial charge in [-0.05, 0) is 80.6 Å². The van der Waals surface area contributed by atoms with E-state index in [9.17, 15) is 9.59 Å². The SMILES string of the molecule is CSC(Cc1ccc(OCc2nc3ccc(Oc4ccc(NC(C)C)cc4)cc3n2C)cc1)C(=O)NC=O. The van der Waals surface area contributed by atoms with Crippen LogP contribution in [0, 0.1) is 0 Å². The first kappa shape index (κ1) is 27.1. The van der Waals surface area contributed by atoms with Crippen molar-refractivity contribution in [1.82, 2.24) is 14.9 Å². The van der Waals surface area contributed by atoms with E-state index < -0.39 is 0 Å². The lowest BCUT2D eigenvalue weighted by molar-refractivity contribution is -0.124. The van der Waals surface area contributed by atoms with Crippen LogP contribution in [0.5, 0.6) is 17.2 Å². The van der Waals surface area contributed by atoms with Gasteiger partial charge in [-0.3, -0.25) is 14.9 Å². The summed E-state index contributed by atoms with van der Waals surface area (Å²) in [5.41, 5.74) is 3.85. The number of aromatic nitrogens is 2. The third-order valence-corrected chi connectivity index (χ3v) is 6.93. The summed E-state index contributed by atoms with van der Waals surface area (Å²) < 4.78 is 14.1. The topological polar surface area (TPSA) is 94.5 Å². The van der Waals surface area contributed by atoms with E-state index in [1.54, 1.807) is 0 Å². The second-order valence-corrected chi connectivity index (χ2v) is 10.2. The fourth-order valence-corrected chi connectivity index (χ4v) is 4.66. The fourth-order valence-electron chi connectivity index (χ4n) is 4.02. The van der Waals surface area contributed by atoms with Crippen LogP contribution in [0.4, 0.5) is 5.69 Å². The molecule has 0 aliphatic carbocycles. The van der Waals surface area contributed by atoms with Gasteiger partial charge in [0.25, 0.3) is 0 Å². The summed E-state index contributed by atoms with van der Waals surface area (Å²) in [6, 6.07) is 21.7. The number of benzene rings is 3. The zero-order chi connectivity index (χ0) is 27.1.